The zero-order valence-corrected chi connectivity index (χ0v) is 12.9. The Labute approximate surface area is 129 Å². The summed E-state index contributed by atoms with van der Waals surface area (Å²) in [5.41, 5.74) is 3.31. The lowest BCUT2D eigenvalue weighted by atomic mass is 9.93. The summed E-state index contributed by atoms with van der Waals surface area (Å²) in [5, 5.41) is 7.77. The summed E-state index contributed by atoms with van der Waals surface area (Å²) in [6.45, 7) is 3.92. The molecule has 1 saturated carbocycles. The molecule has 0 saturated heterocycles. The summed E-state index contributed by atoms with van der Waals surface area (Å²) in [4.78, 5) is 12.5. The van der Waals surface area contributed by atoms with E-state index in [9.17, 15) is 4.79 Å². The third kappa shape index (κ3) is 2.68. The number of hydrogen-bond acceptors (Lipinski definition) is 2. The van der Waals surface area contributed by atoms with E-state index in [1.807, 2.05) is 30.7 Å². The molecule has 0 atom stereocenters. The van der Waals surface area contributed by atoms with Crippen molar-refractivity contribution in [2.45, 2.75) is 39.2 Å². The molecule has 110 valence electrons. The van der Waals surface area contributed by atoms with Crippen LogP contribution in [-0.4, -0.2) is 15.7 Å². The van der Waals surface area contributed by atoms with E-state index >= 15 is 0 Å². The van der Waals surface area contributed by atoms with Crippen molar-refractivity contribution in [3.8, 4) is 0 Å². The van der Waals surface area contributed by atoms with Crippen LogP contribution < -0.4 is 5.32 Å². The maximum absolute atomic E-state index is 12.5. The predicted octanol–water partition coefficient (Wildman–Crippen LogP) is 4.13. The molecule has 1 aliphatic rings. The average Bonchev–Trinajstić information content (AvgIpc) is 2.80. The van der Waals surface area contributed by atoms with Gasteiger partial charge in [0.25, 0.3) is 5.91 Å². The quantitative estimate of drug-likeness (QED) is 0.926. The number of benzene rings is 1. The minimum atomic E-state index is -0.159. The maximum Gasteiger partial charge on any atom is 0.273 e. The molecule has 0 radical (unpaired) electrons. The highest BCUT2D eigenvalue weighted by molar-refractivity contribution is 6.34. The Bertz CT molecular complexity index is 666. The molecule has 1 fully saturated rings. The molecule has 1 heterocycles. The van der Waals surface area contributed by atoms with Gasteiger partial charge in [-0.3, -0.25) is 9.48 Å². The molecule has 1 amide bonds. The molecule has 0 unspecified atom stereocenters. The van der Waals surface area contributed by atoms with Crippen LogP contribution in [0.3, 0.4) is 0 Å². The van der Waals surface area contributed by atoms with Crippen LogP contribution in [0.5, 0.6) is 0 Å². The van der Waals surface area contributed by atoms with Crippen molar-refractivity contribution in [2.24, 2.45) is 0 Å². The Balaban J connectivity index is 1.86. The highest BCUT2D eigenvalue weighted by Crippen LogP contribution is 2.32. The highest BCUT2D eigenvalue weighted by Gasteiger charge is 2.25. The smallest absolute Gasteiger partial charge is 0.273 e. The van der Waals surface area contributed by atoms with Gasteiger partial charge < -0.3 is 5.32 Å². The van der Waals surface area contributed by atoms with Gasteiger partial charge in [0.15, 0.2) is 0 Å². The topological polar surface area (TPSA) is 46.9 Å². The van der Waals surface area contributed by atoms with Crippen molar-refractivity contribution in [3.63, 3.8) is 0 Å². The van der Waals surface area contributed by atoms with Crippen LogP contribution in [0.4, 0.5) is 5.69 Å². The van der Waals surface area contributed by atoms with E-state index in [2.05, 4.69) is 10.4 Å². The Hall–Kier alpha value is -1.81. The zero-order chi connectivity index (χ0) is 15.0. The summed E-state index contributed by atoms with van der Waals surface area (Å²) in [6.07, 6.45) is 5.06. The van der Waals surface area contributed by atoms with Crippen LogP contribution in [0.2, 0.25) is 5.02 Å². The lowest BCUT2D eigenvalue weighted by Gasteiger charge is -2.27. The van der Waals surface area contributed by atoms with E-state index in [0.29, 0.717) is 22.4 Å². The zero-order valence-electron chi connectivity index (χ0n) is 12.2. The van der Waals surface area contributed by atoms with Gasteiger partial charge in [-0.25, -0.2) is 0 Å². The summed E-state index contributed by atoms with van der Waals surface area (Å²) < 4.78 is 1.83. The maximum atomic E-state index is 12.5. The van der Waals surface area contributed by atoms with E-state index in [-0.39, 0.29) is 5.91 Å². The second-order valence-corrected chi connectivity index (χ2v) is 6.05. The number of anilines is 1. The van der Waals surface area contributed by atoms with Crippen LogP contribution in [0, 0.1) is 13.8 Å². The van der Waals surface area contributed by atoms with E-state index in [1.165, 1.54) is 6.42 Å². The monoisotopic (exact) mass is 303 g/mol. The Morgan fingerprint density at radius 1 is 1.38 bits per heavy atom. The first-order chi connectivity index (χ1) is 10.1. The molecule has 3 rings (SSSR count). The number of aromatic nitrogens is 2. The molecule has 21 heavy (non-hydrogen) atoms. The van der Waals surface area contributed by atoms with Gasteiger partial charge >= 0.3 is 0 Å². The third-order valence-electron chi connectivity index (χ3n) is 3.99. The number of aryl methyl sites for hydroxylation is 2. The second-order valence-electron chi connectivity index (χ2n) is 5.64. The van der Waals surface area contributed by atoms with Gasteiger partial charge in [0.2, 0.25) is 0 Å². The van der Waals surface area contributed by atoms with Gasteiger partial charge in [-0.05, 0) is 56.4 Å². The number of nitrogens with one attached hydrogen (secondary N) is 1. The molecule has 0 bridgehead atoms. The van der Waals surface area contributed by atoms with Crippen LogP contribution >= 0.6 is 11.6 Å². The number of halogens is 1. The third-order valence-corrected chi connectivity index (χ3v) is 4.29. The first-order valence-corrected chi connectivity index (χ1v) is 7.55. The standard InChI is InChI=1S/C16H18ClN3O/c1-10-8-11(2)15(13(17)9-10)19-16(21)14-6-7-18-20(14)12-4-3-5-12/h6-9,12H,3-5H2,1-2H3,(H,19,21). The normalized spacial score (nSPS) is 14.8. The van der Waals surface area contributed by atoms with Crippen molar-refractivity contribution in [1.29, 1.82) is 0 Å². The molecule has 1 aliphatic carbocycles. The first kappa shape index (κ1) is 14.1. The largest absolute Gasteiger partial charge is 0.319 e. The molecule has 1 aromatic carbocycles. The van der Waals surface area contributed by atoms with Gasteiger partial charge in [0.1, 0.15) is 5.69 Å². The molecule has 2 aromatic rings. The molecule has 0 spiro atoms. The van der Waals surface area contributed by atoms with E-state index in [0.717, 1.165) is 24.0 Å². The second kappa shape index (κ2) is 5.53. The number of nitrogens with zero attached hydrogens (tertiary/aromatic N) is 2. The molecule has 5 heteroatoms. The van der Waals surface area contributed by atoms with E-state index in [4.69, 9.17) is 11.6 Å². The predicted molar refractivity (Wildman–Crippen MR) is 84.0 cm³/mol. The lowest BCUT2D eigenvalue weighted by Crippen LogP contribution is -2.25. The fourth-order valence-corrected chi connectivity index (χ4v) is 3.04. The average molecular weight is 304 g/mol. The van der Waals surface area contributed by atoms with Crippen molar-refractivity contribution in [1.82, 2.24) is 9.78 Å². The summed E-state index contributed by atoms with van der Waals surface area (Å²) >= 11 is 6.24. The van der Waals surface area contributed by atoms with Crippen LogP contribution in [0.25, 0.3) is 0 Å². The van der Waals surface area contributed by atoms with Crippen molar-refractivity contribution in [3.05, 3.63) is 46.2 Å². The van der Waals surface area contributed by atoms with E-state index in [1.54, 1.807) is 12.3 Å². The fourth-order valence-electron chi connectivity index (χ4n) is 2.67. The van der Waals surface area contributed by atoms with Gasteiger partial charge in [-0.2, -0.15) is 5.10 Å². The minimum absolute atomic E-state index is 0.159. The summed E-state index contributed by atoms with van der Waals surface area (Å²) in [5.74, 6) is -0.159. The van der Waals surface area contributed by atoms with Gasteiger partial charge in [0.05, 0.1) is 16.8 Å². The van der Waals surface area contributed by atoms with Crippen molar-refractivity contribution >= 4 is 23.2 Å². The SMILES string of the molecule is Cc1cc(C)c(NC(=O)c2ccnn2C2CCC2)c(Cl)c1. The minimum Gasteiger partial charge on any atom is -0.319 e. The number of hydrogen-bond donors (Lipinski definition) is 1. The van der Waals surface area contributed by atoms with Crippen LogP contribution in [0.15, 0.2) is 24.4 Å². The van der Waals surface area contributed by atoms with Crippen molar-refractivity contribution < 1.29 is 4.79 Å². The van der Waals surface area contributed by atoms with Gasteiger partial charge in [-0.15, -0.1) is 0 Å². The van der Waals surface area contributed by atoms with E-state index < -0.39 is 0 Å². The highest BCUT2D eigenvalue weighted by atomic mass is 35.5. The van der Waals surface area contributed by atoms with Crippen molar-refractivity contribution in [2.75, 3.05) is 5.32 Å². The first-order valence-electron chi connectivity index (χ1n) is 7.18. The molecule has 1 aromatic heterocycles. The lowest BCUT2D eigenvalue weighted by molar-refractivity contribution is 0.100. The fraction of sp³-hybridized carbons (Fsp3) is 0.375. The van der Waals surface area contributed by atoms with Crippen LogP contribution in [-0.2, 0) is 0 Å². The molecule has 4 nitrogen and oxygen atoms in total. The van der Waals surface area contributed by atoms with Gasteiger partial charge in [0, 0.05) is 6.20 Å². The van der Waals surface area contributed by atoms with Gasteiger partial charge in [-0.1, -0.05) is 17.7 Å². The molecular formula is C16H18ClN3O. The number of carbonyl (C=O) groups is 1. The summed E-state index contributed by atoms with van der Waals surface area (Å²) in [6, 6.07) is 5.97. The molecule has 0 aliphatic heterocycles. The van der Waals surface area contributed by atoms with Crippen LogP contribution in [0.1, 0.15) is 46.9 Å². The number of rotatable bonds is 3. The molecule has 1 N–H and O–H groups in total. The Morgan fingerprint density at radius 2 is 2.14 bits per heavy atom. The summed E-state index contributed by atoms with van der Waals surface area (Å²) in [7, 11) is 0. The Morgan fingerprint density at radius 3 is 2.76 bits per heavy atom. The molecular weight excluding hydrogens is 286 g/mol. The Kier molecular flexibility index (Phi) is 3.72. The number of amides is 1. The number of carbonyl (C=O) groups excluding carboxylic acids is 1.